The fourth-order valence-corrected chi connectivity index (χ4v) is 2.18. The van der Waals surface area contributed by atoms with E-state index in [1.165, 1.54) is 6.07 Å². The summed E-state index contributed by atoms with van der Waals surface area (Å²) in [6.45, 7) is 2.02. The molecule has 1 atom stereocenters. The van der Waals surface area contributed by atoms with Crippen molar-refractivity contribution < 1.29 is 19.4 Å². The average Bonchev–Trinajstić information content (AvgIpc) is 2.49. The van der Waals surface area contributed by atoms with Crippen LogP contribution in [0.5, 0.6) is 0 Å². The van der Waals surface area contributed by atoms with Crippen LogP contribution in [0.1, 0.15) is 11.1 Å². The second-order valence-corrected chi connectivity index (χ2v) is 4.67. The number of hydrogen-bond acceptors (Lipinski definition) is 5. The highest BCUT2D eigenvalue weighted by Gasteiger charge is 2.23. The van der Waals surface area contributed by atoms with Gasteiger partial charge in [0.15, 0.2) is 5.84 Å². The minimum Gasteiger partial charge on any atom is -0.409 e. The van der Waals surface area contributed by atoms with Gasteiger partial charge in [0, 0.05) is 24.2 Å². The Morgan fingerprint density at radius 1 is 1.55 bits per heavy atom. The number of aliphatic hydroxyl groups excluding tert-OH is 1. The van der Waals surface area contributed by atoms with Crippen LogP contribution in [-0.2, 0) is 11.3 Å². The van der Waals surface area contributed by atoms with E-state index >= 15 is 0 Å². The molecule has 0 bridgehead atoms. The third-order valence-corrected chi connectivity index (χ3v) is 3.39. The summed E-state index contributed by atoms with van der Waals surface area (Å²) in [6, 6.07) is 4.32. The lowest BCUT2D eigenvalue weighted by Crippen LogP contribution is -2.46. The van der Waals surface area contributed by atoms with Gasteiger partial charge in [0.05, 0.1) is 25.9 Å². The van der Waals surface area contributed by atoms with E-state index in [0.717, 1.165) is 0 Å². The van der Waals surface area contributed by atoms with Crippen LogP contribution in [-0.4, -0.2) is 53.5 Å². The molecule has 0 spiro atoms. The van der Waals surface area contributed by atoms with E-state index in [1.54, 1.807) is 12.1 Å². The van der Waals surface area contributed by atoms with Crippen LogP contribution in [0.2, 0.25) is 0 Å². The van der Waals surface area contributed by atoms with Gasteiger partial charge in [0.25, 0.3) is 0 Å². The van der Waals surface area contributed by atoms with E-state index in [0.29, 0.717) is 37.4 Å². The molecule has 1 aromatic carbocycles. The van der Waals surface area contributed by atoms with Crippen molar-refractivity contribution in [3.05, 3.63) is 35.1 Å². The van der Waals surface area contributed by atoms with E-state index in [2.05, 4.69) is 5.16 Å². The number of halogens is 1. The lowest BCUT2D eigenvalue weighted by molar-refractivity contribution is -0.0316. The van der Waals surface area contributed by atoms with Gasteiger partial charge in [-0.15, -0.1) is 0 Å². The zero-order chi connectivity index (χ0) is 14.5. The number of nitrogens with two attached hydrogens (primary N) is 1. The maximum Gasteiger partial charge on any atom is 0.170 e. The summed E-state index contributed by atoms with van der Waals surface area (Å²) in [5.74, 6) is -0.549. The number of hydrogen-bond donors (Lipinski definition) is 3. The van der Waals surface area contributed by atoms with Crippen molar-refractivity contribution in [1.29, 1.82) is 0 Å². The molecule has 1 aliphatic rings. The molecule has 1 aliphatic heterocycles. The molecule has 110 valence electrons. The highest BCUT2D eigenvalue weighted by molar-refractivity contribution is 5.97. The second-order valence-electron chi connectivity index (χ2n) is 4.67. The summed E-state index contributed by atoms with van der Waals surface area (Å²) in [4.78, 5) is 1.98. The van der Waals surface area contributed by atoms with Crippen LogP contribution in [0.3, 0.4) is 0 Å². The van der Waals surface area contributed by atoms with Crippen molar-refractivity contribution in [2.24, 2.45) is 10.9 Å². The molecular weight excluding hydrogens is 265 g/mol. The summed E-state index contributed by atoms with van der Waals surface area (Å²) in [5, 5.41) is 20.7. The van der Waals surface area contributed by atoms with Gasteiger partial charge >= 0.3 is 0 Å². The number of amidine groups is 1. The molecule has 1 fully saturated rings. The standard InChI is InChI=1S/C13H18FN3O3/c14-12-5-9(13(15)16-19)1-2-10(12)6-17-3-4-20-8-11(17)7-18/h1-2,5,11,18-19H,3-4,6-8H2,(H2,15,16). The molecule has 1 unspecified atom stereocenters. The molecule has 4 N–H and O–H groups in total. The minimum atomic E-state index is -0.419. The van der Waals surface area contributed by atoms with Gasteiger partial charge in [-0.25, -0.2) is 4.39 Å². The number of morpholine rings is 1. The molecule has 0 aromatic heterocycles. The Balaban J connectivity index is 2.13. The Bertz CT molecular complexity index is 496. The van der Waals surface area contributed by atoms with Gasteiger partial charge in [-0.1, -0.05) is 17.3 Å². The number of nitrogens with zero attached hydrogens (tertiary/aromatic N) is 2. The maximum atomic E-state index is 14.0. The highest BCUT2D eigenvalue weighted by atomic mass is 19.1. The van der Waals surface area contributed by atoms with Crippen LogP contribution in [0.4, 0.5) is 4.39 Å². The first-order chi connectivity index (χ1) is 9.65. The number of ether oxygens (including phenoxy) is 1. The molecular formula is C13H18FN3O3. The van der Waals surface area contributed by atoms with E-state index in [1.807, 2.05) is 4.90 Å². The summed E-state index contributed by atoms with van der Waals surface area (Å²) in [6.07, 6.45) is 0. The molecule has 1 heterocycles. The molecule has 20 heavy (non-hydrogen) atoms. The monoisotopic (exact) mass is 283 g/mol. The zero-order valence-corrected chi connectivity index (χ0v) is 11.0. The Morgan fingerprint density at radius 2 is 2.35 bits per heavy atom. The minimum absolute atomic E-state index is 0.0240. The van der Waals surface area contributed by atoms with E-state index < -0.39 is 5.82 Å². The number of benzene rings is 1. The van der Waals surface area contributed by atoms with Crippen molar-refractivity contribution in [2.45, 2.75) is 12.6 Å². The van der Waals surface area contributed by atoms with E-state index in [9.17, 15) is 9.50 Å². The first-order valence-electron chi connectivity index (χ1n) is 6.34. The fraction of sp³-hybridized carbons (Fsp3) is 0.462. The van der Waals surface area contributed by atoms with Gasteiger partial charge in [-0.2, -0.15) is 0 Å². The topological polar surface area (TPSA) is 91.3 Å². The number of aliphatic hydroxyl groups is 1. The molecule has 0 saturated carbocycles. The van der Waals surface area contributed by atoms with Gasteiger partial charge in [0.2, 0.25) is 0 Å². The zero-order valence-electron chi connectivity index (χ0n) is 11.0. The van der Waals surface area contributed by atoms with Crippen LogP contribution in [0, 0.1) is 5.82 Å². The number of oxime groups is 1. The SMILES string of the molecule is N/C(=N/O)c1ccc(CN2CCOCC2CO)c(F)c1. The lowest BCUT2D eigenvalue weighted by atomic mass is 10.1. The second kappa shape index (κ2) is 6.65. The summed E-state index contributed by atoms with van der Waals surface area (Å²) in [7, 11) is 0. The number of rotatable bonds is 4. The quantitative estimate of drug-likeness (QED) is 0.316. The molecule has 0 aliphatic carbocycles. The van der Waals surface area contributed by atoms with E-state index in [-0.39, 0.29) is 18.5 Å². The molecule has 2 rings (SSSR count). The van der Waals surface area contributed by atoms with Gasteiger partial charge in [-0.05, 0) is 6.07 Å². The Labute approximate surface area is 116 Å². The predicted octanol–water partition coefficient (Wildman–Crippen LogP) is 0.113. The molecule has 6 nitrogen and oxygen atoms in total. The molecule has 7 heteroatoms. The summed E-state index contributed by atoms with van der Waals surface area (Å²) < 4.78 is 19.3. The Morgan fingerprint density at radius 3 is 3.00 bits per heavy atom. The Kier molecular flexibility index (Phi) is 4.89. The van der Waals surface area contributed by atoms with Crippen LogP contribution < -0.4 is 5.73 Å². The van der Waals surface area contributed by atoms with Crippen LogP contribution in [0.25, 0.3) is 0 Å². The smallest absolute Gasteiger partial charge is 0.170 e. The van der Waals surface area contributed by atoms with Crippen LogP contribution >= 0.6 is 0 Å². The van der Waals surface area contributed by atoms with Gasteiger partial charge < -0.3 is 20.8 Å². The maximum absolute atomic E-state index is 14.0. The first-order valence-corrected chi connectivity index (χ1v) is 6.34. The molecule has 0 radical (unpaired) electrons. The molecule has 1 aromatic rings. The average molecular weight is 283 g/mol. The highest BCUT2D eigenvalue weighted by Crippen LogP contribution is 2.16. The van der Waals surface area contributed by atoms with Crippen molar-refractivity contribution >= 4 is 5.84 Å². The molecule has 1 saturated heterocycles. The third-order valence-electron chi connectivity index (χ3n) is 3.39. The van der Waals surface area contributed by atoms with Crippen molar-refractivity contribution in [2.75, 3.05) is 26.4 Å². The third kappa shape index (κ3) is 3.24. The van der Waals surface area contributed by atoms with Crippen molar-refractivity contribution in [1.82, 2.24) is 4.90 Å². The molecule has 0 amide bonds. The largest absolute Gasteiger partial charge is 0.409 e. The Hall–Kier alpha value is -1.70. The summed E-state index contributed by atoms with van der Waals surface area (Å²) in [5.41, 5.74) is 6.24. The van der Waals surface area contributed by atoms with Gasteiger partial charge in [-0.3, -0.25) is 4.90 Å². The van der Waals surface area contributed by atoms with E-state index in [4.69, 9.17) is 15.7 Å². The van der Waals surface area contributed by atoms with Gasteiger partial charge in [0.1, 0.15) is 5.82 Å². The first kappa shape index (κ1) is 14.7. The van der Waals surface area contributed by atoms with Crippen LogP contribution in [0.15, 0.2) is 23.4 Å². The fourth-order valence-electron chi connectivity index (χ4n) is 2.18. The predicted molar refractivity (Wildman–Crippen MR) is 71.0 cm³/mol. The lowest BCUT2D eigenvalue weighted by Gasteiger charge is -2.34. The van der Waals surface area contributed by atoms with Crippen molar-refractivity contribution in [3.63, 3.8) is 0 Å². The summed E-state index contributed by atoms with van der Waals surface area (Å²) >= 11 is 0. The normalized spacial score (nSPS) is 21.1. The van der Waals surface area contributed by atoms with Crippen molar-refractivity contribution in [3.8, 4) is 0 Å².